The number of anilines is 1. The van der Waals surface area contributed by atoms with Crippen LogP contribution in [0.1, 0.15) is 46.2 Å². The van der Waals surface area contributed by atoms with Crippen LogP contribution in [0.15, 0.2) is 64.5 Å². The molecule has 4 rings (SSSR count). The van der Waals surface area contributed by atoms with E-state index in [-0.39, 0.29) is 28.0 Å². The Kier molecular flexibility index (Phi) is 7.97. The smallest absolute Gasteiger partial charge is 0.348 e. The van der Waals surface area contributed by atoms with E-state index in [9.17, 15) is 9.59 Å². The van der Waals surface area contributed by atoms with Gasteiger partial charge < -0.3 is 19.5 Å². The summed E-state index contributed by atoms with van der Waals surface area (Å²) in [5, 5.41) is 8.65. The van der Waals surface area contributed by atoms with Crippen LogP contribution in [0.4, 0.5) is 5.13 Å². The highest BCUT2D eigenvalue weighted by Gasteiger charge is 2.34. The maximum Gasteiger partial charge on any atom is 0.348 e. The normalized spacial score (nSPS) is 20.6. The molecule has 0 bridgehead atoms. The zero-order valence-corrected chi connectivity index (χ0v) is 21.3. The fourth-order valence-electron chi connectivity index (χ4n) is 4.17. The van der Waals surface area contributed by atoms with Crippen LogP contribution in [0.2, 0.25) is 0 Å². The first kappa shape index (κ1) is 25.3. The molecule has 10 heteroatoms. The molecule has 1 aliphatic heterocycles. The van der Waals surface area contributed by atoms with Crippen LogP contribution >= 0.6 is 11.3 Å². The number of hydrogen-bond donors (Lipinski definition) is 2. The van der Waals surface area contributed by atoms with Crippen molar-refractivity contribution in [3.63, 3.8) is 0 Å². The highest BCUT2D eigenvalue weighted by Crippen LogP contribution is 2.36. The average Bonchev–Trinajstić information content (AvgIpc) is 2.92. The molecule has 3 atom stereocenters. The quantitative estimate of drug-likeness (QED) is 0.361. The first-order valence-corrected chi connectivity index (χ1v) is 12.2. The van der Waals surface area contributed by atoms with E-state index in [1.54, 1.807) is 14.2 Å². The number of esters is 1. The van der Waals surface area contributed by atoms with Crippen molar-refractivity contribution in [3.8, 4) is 11.5 Å². The predicted octanol–water partition coefficient (Wildman–Crippen LogP) is 4.19. The Hall–Kier alpha value is -3.76. The van der Waals surface area contributed by atoms with Gasteiger partial charge in [0.2, 0.25) is 5.13 Å². The number of piperidine rings is 1. The van der Waals surface area contributed by atoms with Gasteiger partial charge in [-0.2, -0.15) is 10.1 Å². The van der Waals surface area contributed by atoms with E-state index in [0.29, 0.717) is 6.42 Å². The van der Waals surface area contributed by atoms with Gasteiger partial charge in [-0.25, -0.2) is 4.79 Å². The molecule has 188 valence electrons. The Balaban J connectivity index is 1.66. The number of ether oxygens (including phenoxy) is 3. The molecule has 0 radical (unpaired) electrons. The van der Waals surface area contributed by atoms with Gasteiger partial charge in [0, 0.05) is 36.2 Å². The van der Waals surface area contributed by atoms with Gasteiger partial charge in [0.1, 0.15) is 16.4 Å². The maximum atomic E-state index is 12.0. The van der Waals surface area contributed by atoms with Gasteiger partial charge in [0.05, 0.1) is 21.3 Å². The number of methoxy groups -OCH3 is 3. The molecule has 0 spiro atoms. The fraction of sp³-hybridized carbons (Fsp3) is 0.308. The molecule has 1 aromatic heterocycles. The minimum Gasteiger partial charge on any atom is -0.497 e. The third-order valence-electron chi connectivity index (χ3n) is 6.17. The summed E-state index contributed by atoms with van der Waals surface area (Å²) in [7, 11) is 4.55. The molecule has 1 fully saturated rings. The standard InChI is InChI=1S/C26H28N4O5S/c1-15-20(29-30-26-28-23(31)14-22(36-26)25(32)35-4)13-21(16-5-9-18(33-2)10-6-16)27-24(15)17-7-11-19(34-3)12-8-17/h5-12,14-15,21,24,27H,13H2,1-4H3,(H,28,30,31)/b29-20-. The number of carbonyl (C=O) groups excluding carboxylic acids is 1. The predicted molar refractivity (Wildman–Crippen MR) is 139 cm³/mol. The number of hydrogen-bond acceptors (Lipinski definition) is 10. The lowest BCUT2D eigenvalue weighted by atomic mass is 9.81. The molecule has 9 nitrogen and oxygen atoms in total. The van der Waals surface area contributed by atoms with Crippen LogP contribution in [0.25, 0.3) is 0 Å². The van der Waals surface area contributed by atoms with Gasteiger partial charge in [0.25, 0.3) is 5.56 Å². The summed E-state index contributed by atoms with van der Waals surface area (Å²) in [6.45, 7) is 2.10. The lowest BCUT2D eigenvalue weighted by Gasteiger charge is -2.37. The summed E-state index contributed by atoms with van der Waals surface area (Å²) >= 11 is 1.01. The Labute approximate surface area is 213 Å². The Morgan fingerprint density at radius 1 is 1.03 bits per heavy atom. The number of carbonyl (C=O) groups is 1. The molecule has 1 saturated heterocycles. The molecule has 2 heterocycles. The molecule has 3 unspecified atom stereocenters. The zero-order chi connectivity index (χ0) is 25.7. The summed E-state index contributed by atoms with van der Waals surface area (Å²) in [6.07, 6.45) is 0.638. The van der Waals surface area contributed by atoms with Crippen molar-refractivity contribution in [2.24, 2.45) is 11.0 Å². The van der Waals surface area contributed by atoms with E-state index in [2.05, 4.69) is 27.8 Å². The summed E-state index contributed by atoms with van der Waals surface area (Å²) < 4.78 is 15.4. The summed E-state index contributed by atoms with van der Waals surface area (Å²) in [5.74, 6) is 1.01. The minimum absolute atomic E-state index is 0.00661. The van der Waals surface area contributed by atoms with E-state index >= 15 is 0 Å². The lowest BCUT2D eigenvalue weighted by molar-refractivity contribution is 0.0606. The van der Waals surface area contributed by atoms with Crippen molar-refractivity contribution in [2.45, 2.75) is 25.4 Å². The van der Waals surface area contributed by atoms with Crippen LogP contribution in [-0.4, -0.2) is 38.0 Å². The van der Waals surface area contributed by atoms with E-state index in [1.165, 1.54) is 7.11 Å². The van der Waals surface area contributed by atoms with Crippen LogP contribution < -0.4 is 25.8 Å². The number of rotatable bonds is 7. The monoisotopic (exact) mass is 508 g/mol. The van der Waals surface area contributed by atoms with Gasteiger partial charge in [0.15, 0.2) is 0 Å². The second-order valence-corrected chi connectivity index (χ2v) is 9.34. The fourth-order valence-corrected chi connectivity index (χ4v) is 4.93. The largest absolute Gasteiger partial charge is 0.497 e. The summed E-state index contributed by atoms with van der Waals surface area (Å²) in [6, 6.07) is 17.0. The molecule has 0 saturated carbocycles. The Bertz CT molecular complexity index is 1290. The number of nitrogens with zero attached hydrogens (tertiary/aromatic N) is 2. The van der Waals surface area contributed by atoms with Crippen molar-refractivity contribution in [1.29, 1.82) is 0 Å². The number of nitrogens with one attached hydrogen (secondary N) is 2. The van der Waals surface area contributed by atoms with Crippen molar-refractivity contribution in [1.82, 2.24) is 10.3 Å². The molecule has 1 aliphatic rings. The molecule has 2 aromatic carbocycles. The Morgan fingerprint density at radius 3 is 2.22 bits per heavy atom. The first-order chi connectivity index (χ1) is 17.4. The maximum absolute atomic E-state index is 12.0. The van der Waals surface area contributed by atoms with Gasteiger partial charge in [-0.3, -0.25) is 10.2 Å². The van der Waals surface area contributed by atoms with Crippen LogP contribution in [0, 0.1) is 5.92 Å². The third-order valence-corrected chi connectivity index (χ3v) is 7.05. The first-order valence-electron chi connectivity index (χ1n) is 11.4. The molecule has 0 amide bonds. The van der Waals surface area contributed by atoms with E-state index in [4.69, 9.17) is 14.2 Å². The van der Waals surface area contributed by atoms with Gasteiger partial charge in [-0.15, -0.1) is 0 Å². The SMILES string of the molecule is COC(=O)c1cc(=O)nc(N/N=C2/CC(c3ccc(OC)cc3)NC(c3ccc(OC)cc3)C2C)s1. The highest BCUT2D eigenvalue weighted by molar-refractivity contribution is 7.17. The minimum atomic E-state index is -0.593. The molecule has 2 N–H and O–H groups in total. The topological polar surface area (TPSA) is 111 Å². The van der Waals surface area contributed by atoms with Crippen LogP contribution in [-0.2, 0) is 4.74 Å². The van der Waals surface area contributed by atoms with Gasteiger partial charge in [-0.1, -0.05) is 42.5 Å². The van der Waals surface area contributed by atoms with Crippen molar-refractivity contribution in [3.05, 3.63) is 81.0 Å². The zero-order valence-electron chi connectivity index (χ0n) is 20.5. The lowest BCUT2D eigenvalue weighted by Crippen LogP contribution is -2.41. The second kappa shape index (κ2) is 11.3. The van der Waals surface area contributed by atoms with E-state index < -0.39 is 11.5 Å². The van der Waals surface area contributed by atoms with Gasteiger partial charge in [-0.05, 0) is 35.4 Å². The number of aromatic nitrogens is 1. The third kappa shape index (κ3) is 5.72. The van der Waals surface area contributed by atoms with Gasteiger partial charge >= 0.3 is 5.97 Å². The number of hydrazone groups is 1. The van der Waals surface area contributed by atoms with Crippen LogP contribution in [0.3, 0.4) is 0 Å². The molecule has 36 heavy (non-hydrogen) atoms. The summed E-state index contributed by atoms with van der Waals surface area (Å²) in [4.78, 5) is 28.0. The van der Waals surface area contributed by atoms with Crippen LogP contribution in [0.5, 0.6) is 11.5 Å². The summed E-state index contributed by atoms with van der Waals surface area (Å²) in [5.41, 5.74) is 5.47. The highest BCUT2D eigenvalue weighted by atomic mass is 32.1. The second-order valence-electron chi connectivity index (χ2n) is 8.31. The van der Waals surface area contributed by atoms with E-state index in [0.717, 1.165) is 45.7 Å². The van der Waals surface area contributed by atoms with Crippen molar-refractivity contribution >= 4 is 28.1 Å². The molecule has 0 aliphatic carbocycles. The Morgan fingerprint density at radius 2 is 1.64 bits per heavy atom. The molecular formula is C26H28N4O5S. The number of benzene rings is 2. The van der Waals surface area contributed by atoms with E-state index in [1.807, 2.05) is 48.5 Å². The molecule has 3 aromatic rings. The molecular weight excluding hydrogens is 480 g/mol. The van der Waals surface area contributed by atoms with Crippen molar-refractivity contribution < 1.29 is 19.0 Å². The van der Waals surface area contributed by atoms with Crippen molar-refractivity contribution in [2.75, 3.05) is 26.8 Å². The average molecular weight is 509 g/mol.